The average molecular weight is 315 g/mol. The lowest BCUT2D eigenvalue weighted by atomic mass is 10.2. The normalized spacial score (nSPS) is 10.7. The van der Waals surface area contributed by atoms with Crippen LogP contribution in [0.25, 0.3) is 0 Å². The third-order valence-electron chi connectivity index (χ3n) is 3.23. The topological polar surface area (TPSA) is 88.9 Å². The largest absolute Gasteiger partial charge is 0.349 e. The molecule has 0 bridgehead atoms. The van der Waals surface area contributed by atoms with Crippen LogP contribution in [0.15, 0.2) is 24.3 Å². The van der Waals surface area contributed by atoms with E-state index in [-0.39, 0.29) is 29.2 Å². The maximum absolute atomic E-state index is 12.2. The van der Waals surface area contributed by atoms with Crippen molar-refractivity contribution < 1.29 is 9.59 Å². The van der Waals surface area contributed by atoms with Crippen LogP contribution < -0.4 is 10.6 Å². The number of rotatable bonds is 5. The van der Waals surface area contributed by atoms with E-state index in [9.17, 15) is 9.59 Å². The second kappa shape index (κ2) is 7.04. The Balaban J connectivity index is 2.03. The molecule has 2 heterocycles. The first-order valence-corrected chi connectivity index (χ1v) is 7.42. The van der Waals surface area contributed by atoms with Crippen LogP contribution in [0.1, 0.15) is 46.2 Å². The van der Waals surface area contributed by atoms with Crippen LogP contribution in [-0.4, -0.2) is 32.6 Å². The Hall–Kier alpha value is -2.70. The molecule has 7 nitrogen and oxygen atoms in total. The van der Waals surface area contributed by atoms with Crippen LogP contribution in [0.2, 0.25) is 0 Å². The molecular formula is C16H21N5O2. The highest BCUT2D eigenvalue weighted by atomic mass is 16.2. The number of hydrogen-bond donors (Lipinski definition) is 2. The molecule has 0 aliphatic heterocycles. The summed E-state index contributed by atoms with van der Waals surface area (Å²) >= 11 is 0. The van der Waals surface area contributed by atoms with Crippen molar-refractivity contribution in [3.05, 3.63) is 47.0 Å². The molecule has 0 radical (unpaired) electrons. The van der Waals surface area contributed by atoms with Crippen LogP contribution in [0.3, 0.4) is 0 Å². The molecule has 0 spiro atoms. The van der Waals surface area contributed by atoms with Gasteiger partial charge in [-0.1, -0.05) is 6.07 Å². The molecule has 2 N–H and O–H groups in total. The number of amides is 2. The fourth-order valence-electron chi connectivity index (χ4n) is 2.01. The molecule has 0 saturated carbocycles. The number of carbonyl (C=O) groups is 2. The molecule has 0 saturated heterocycles. The highest BCUT2D eigenvalue weighted by molar-refractivity contribution is 5.96. The number of aromatic nitrogens is 3. The van der Waals surface area contributed by atoms with Crippen LogP contribution >= 0.6 is 0 Å². The van der Waals surface area contributed by atoms with Gasteiger partial charge in [0.15, 0.2) is 0 Å². The number of pyridine rings is 1. The van der Waals surface area contributed by atoms with Gasteiger partial charge in [-0.2, -0.15) is 5.10 Å². The molecule has 122 valence electrons. The van der Waals surface area contributed by atoms with Gasteiger partial charge in [0.1, 0.15) is 11.4 Å². The summed E-state index contributed by atoms with van der Waals surface area (Å²) in [5, 5.41) is 9.77. The number of carbonyl (C=O) groups excluding carboxylic acids is 2. The molecule has 2 aromatic heterocycles. The Morgan fingerprint density at radius 3 is 2.43 bits per heavy atom. The summed E-state index contributed by atoms with van der Waals surface area (Å²) in [6.45, 7) is 5.98. The first-order valence-electron chi connectivity index (χ1n) is 7.42. The smallest absolute Gasteiger partial charge is 0.270 e. The van der Waals surface area contributed by atoms with Gasteiger partial charge in [0.25, 0.3) is 11.8 Å². The van der Waals surface area contributed by atoms with Crippen LogP contribution in [0.4, 0.5) is 0 Å². The number of nitrogens with one attached hydrogen (secondary N) is 2. The summed E-state index contributed by atoms with van der Waals surface area (Å²) in [7, 11) is 1.85. The molecular weight excluding hydrogens is 294 g/mol. The molecule has 0 aliphatic rings. The number of aryl methyl sites for hydroxylation is 2. The van der Waals surface area contributed by atoms with E-state index in [1.807, 2.05) is 33.9 Å². The van der Waals surface area contributed by atoms with Gasteiger partial charge >= 0.3 is 0 Å². The molecule has 0 fully saturated rings. The van der Waals surface area contributed by atoms with E-state index in [2.05, 4.69) is 20.7 Å². The van der Waals surface area contributed by atoms with Gasteiger partial charge in [-0.15, -0.1) is 0 Å². The lowest BCUT2D eigenvalue weighted by Gasteiger charge is -2.08. The summed E-state index contributed by atoms with van der Waals surface area (Å²) in [5.41, 5.74) is 2.21. The highest BCUT2D eigenvalue weighted by Gasteiger charge is 2.13. The first-order chi connectivity index (χ1) is 10.9. The van der Waals surface area contributed by atoms with Crippen molar-refractivity contribution in [1.29, 1.82) is 0 Å². The number of hydrogen-bond acceptors (Lipinski definition) is 4. The van der Waals surface area contributed by atoms with Gasteiger partial charge < -0.3 is 10.6 Å². The minimum atomic E-state index is -0.340. The van der Waals surface area contributed by atoms with Gasteiger partial charge in [-0.05, 0) is 39.0 Å². The Kier molecular flexibility index (Phi) is 5.10. The minimum absolute atomic E-state index is 0.00850. The first kappa shape index (κ1) is 16.7. The molecule has 0 unspecified atom stereocenters. The van der Waals surface area contributed by atoms with Gasteiger partial charge in [-0.25, -0.2) is 4.98 Å². The highest BCUT2D eigenvalue weighted by Crippen LogP contribution is 2.03. The van der Waals surface area contributed by atoms with Crippen molar-refractivity contribution in [1.82, 2.24) is 25.4 Å². The molecule has 0 aromatic carbocycles. The van der Waals surface area contributed by atoms with Crippen molar-refractivity contribution in [2.24, 2.45) is 7.05 Å². The van der Waals surface area contributed by atoms with E-state index < -0.39 is 0 Å². The Bertz CT molecular complexity index is 702. The van der Waals surface area contributed by atoms with E-state index in [4.69, 9.17) is 0 Å². The number of nitrogens with zero attached hydrogens (tertiary/aromatic N) is 3. The molecule has 7 heteroatoms. The lowest BCUT2D eigenvalue weighted by Crippen LogP contribution is -2.31. The van der Waals surface area contributed by atoms with E-state index in [1.54, 1.807) is 22.9 Å². The van der Waals surface area contributed by atoms with E-state index in [1.165, 1.54) is 0 Å². The predicted molar refractivity (Wildman–Crippen MR) is 86.0 cm³/mol. The molecule has 2 aromatic rings. The zero-order valence-corrected chi connectivity index (χ0v) is 13.8. The molecule has 23 heavy (non-hydrogen) atoms. The molecule has 2 amide bonds. The van der Waals surface area contributed by atoms with E-state index >= 15 is 0 Å². The standard InChI is InChI=1S/C16H21N5O2/c1-10(2)18-16(23)14-7-5-6-13(19-14)15(22)17-9-12-8-11(3)21(4)20-12/h5-8,10H,9H2,1-4H3,(H,17,22)(H,18,23). The Morgan fingerprint density at radius 2 is 1.87 bits per heavy atom. The summed E-state index contributed by atoms with van der Waals surface area (Å²) < 4.78 is 1.75. The van der Waals surface area contributed by atoms with Gasteiger partial charge in [0.2, 0.25) is 0 Å². The van der Waals surface area contributed by atoms with Crippen LogP contribution in [0.5, 0.6) is 0 Å². The van der Waals surface area contributed by atoms with Crippen molar-refractivity contribution >= 4 is 11.8 Å². The fourth-order valence-corrected chi connectivity index (χ4v) is 2.01. The van der Waals surface area contributed by atoms with Crippen molar-refractivity contribution in [3.8, 4) is 0 Å². The van der Waals surface area contributed by atoms with Crippen molar-refractivity contribution in [2.75, 3.05) is 0 Å². The van der Waals surface area contributed by atoms with E-state index in [0.29, 0.717) is 6.54 Å². The third kappa shape index (κ3) is 4.38. The lowest BCUT2D eigenvalue weighted by molar-refractivity contribution is 0.0936. The average Bonchev–Trinajstić information content (AvgIpc) is 2.83. The SMILES string of the molecule is Cc1cc(CNC(=O)c2cccc(C(=O)NC(C)C)n2)nn1C. The van der Waals surface area contributed by atoms with Gasteiger partial charge in [-0.3, -0.25) is 14.3 Å². The maximum Gasteiger partial charge on any atom is 0.270 e. The Morgan fingerprint density at radius 1 is 1.22 bits per heavy atom. The van der Waals surface area contributed by atoms with E-state index in [0.717, 1.165) is 11.4 Å². The monoisotopic (exact) mass is 315 g/mol. The van der Waals surface area contributed by atoms with Crippen LogP contribution in [0, 0.1) is 6.92 Å². The maximum atomic E-state index is 12.2. The second-order valence-corrected chi connectivity index (χ2v) is 5.62. The molecule has 2 rings (SSSR count). The fraction of sp³-hybridized carbons (Fsp3) is 0.375. The summed E-state index contributed by atoms with van der Waals surface area (Å²) in [5.74, 6) is -0.637. The molecule has 0 aliphatic carbocycles. The van der Waals surface area contributed by atoms with Crippen LogP contribution in [-0.2, 0) is 13.6 Å². The zero-order chi connectivity index (χ0) is 17.0. The second-order valence-electron chi connectivity index (χ2n) is 5.62. The molecule has 0 atom stereocenters. The van der Waals surface area contributed by atoms with Gasteiger partial charge in [0.05, 0.1) is 12.2 Å². The Labute approximate surface area is 135 Å². The minimum Gasteiger partial charge on any atom is -0.349 e. The quantitative estimate of drug-likeness (QED) is 0.867. The van der Waals surface area contributed by atoms with Crippen molar-refractivity contribution in [3.63, 3.8) is 0 Å². The summed E-state index contributed by atoms with van der Waals surface area (Å²) in [6.07, 6.45) is 0. The summed E-state index contributed by atoms with van der Waals surface area (Å²) in [6, 6.07) is 6.71. The van der Waals surface area contributed by atoms with Gasteiger partial charge in [0, 0.05) is 18.8 Å². The predicted octanol–water partition coefficient (Wildman–Crippen LogP) is 1.19. The summed E-state index contributed by atoms with van der Waals surface area (Å²) in [4.78, 5) is 28.2. The van der Waals surface area contributed by atoms with Crippen molar-refractivity contribution in [2.45, 2.75) is 33.4 Å². The third-order valence-corrected chi connectivity index (χ3v) is 3.23. The zero-order valence-electron chi connectivity index (χ0n) is 13.8.